The van der Waals surface area contributed by atoms with E-state index in [0.29, 0.717) is 28.3 Å². The van der Waals surface area contributed by atoms with Crippen LogP contribution in [0, 0.1) is 0 Å². The minimum absolute atomic E-state index is 0.198. The third kappa shape index (κ3) is 4.35. The standard InChI is InChI=1S/C20H16N4O2S2/c1-27-15-9-7-14(8-10-15)19-23-18(26-24-19)12-28-20-21-16(11-17(25)22-20)13-5-3-2-4-6-13/h2-11H,12H2,1H3,(H,21,22,25). The van der Waals surface area contributed by atoms with Crippen molar-refractivity contribution in [2.24, 2.45) is 0 Å². The predicted molar refractivity (Wildman–Crippen MR) is 111 cm³/mol. The Morgan fingerprint density at radius 2 is 1.79 bits per heavy atom. The maximum Gasteiger partial charge on any atom is 0.252 e. The number of hydrogen-bond acceptors (Lipinski definition) is 7. The molecule has 0 atom stereocenters. The van der Waals surface area contributed by atoms with Crippen molar-refractivity contribution in [3.63, 3.8) is 0 Å². The van der Waals surface area contributed by atoms with E-state index in [1.807, 2.05) is 60.9 Å². The first kappa shape index (κ1) is 18.5. The normalized spacial score (nSPS) is 10.9. The molecule has 0 unspecified atom stereocenters. The molecule has 8 heteroatoms. The summed E-state index contributed by atoms with van der Waals surface area (Å²) in [6.45, 7) is 0. The molecule has 0 radical (unpaired) electrons. The van der Waals surface area contributed by atoms with Gasteiger partial charge in [0.15, 0.2) is 5.16 Å². The van der Waals surface area contributed by atoms with Gasteiger partial charge in [0, 0.05) is 22.1 Å². The number of benzene rings is 2. The maximum atomic E-state index is 12.0. The number of nitrogens with zero attached hydrogens (tertiary/aromatic N) is 3. The highest BCUT2D eigenvalue weighted by molar-refractivity contribution is 7.98. The summed E-state index contributed by atoms with van der Waals surface area (Å²) < 4.78 is 5.34. The van der Waals surface area contributed by atoms with Gasteiger partial charge in [0.25, 0.3) is 5.56 Å². The van der Waals surface area contributed by atoms with Crippen LogP contribution in [0.2, 0.25) is 0 Å². The molecule has 2 aromatic heterocycles. The van der Waals surface area contributed by atoms with Gasteiger partial charge in [-0.05, 0) is 30.5 Å². The molecule has 0 saturated carbocycles. The highest BCUT2D eigenvalue weighted by Crippen LogP contribution is 2.24. The summed E-state index contributed by atoms with van der Waals surface area (Å²) in [4.78, 5) is 24.8. The lowest BCUT2D eigenvalue weighted by molar-refractivity contribution is 0.391. The molecule has 0 aliphatic heterocycles. The molecule has 2 aromatic carbocycles. The van der Waals surface area contributed by atoms with E-state index in [9.17, 15) is 4.79 Å². The van der Waals surface area contributed by atoms with Crippen molar-refractivity contribution in [1.29, 1.82) is 0 Å². The van der Waals surface area contributed by atoms with Crippen molar-refractivity contribution in [1.82, 2.24) is 20.1 Å². The molecule has 0 fully saturated rings. The summed E-state index contributed by atoms with van der Waals surface area (Å²) in [5, 5.41) is 4.55. The number of nitrogens with one attached hydrogen (secondary N) is 1. The second-order valence-corrected chi connectivity index (χ2v) is 7.67. The first-order valence-corrected chi connectivity index (χ1v) is 10.7. The lowest BCUT2D eigenvalue weighted by Crippen LogP contribution is -2.08. The largest absolute Gasteiger partial charge is 0.338 e. The number of hydrogen-bond donors (Lipinski definition) is 1. The first-order chi connectivity index (χ1) is 13.7. The van der Waals surface area contributed by atoms with Crippen LogP contribution < -0.4 is 5.56 Å². The fourth-order valence-corrected chi connectivity index (χ4v) is 3.68. The smallest absolute Gasteiger partial charge is 0.252 e. The van der Waals surface area contributed by atoms with Crippen LogP contribution in [-0.2, 0) is 5.75 Å². The van der Waals surface area contributed by atoms with E-state index in [-0.39, 0.29) is 5.56 Å². The van der Waals surface area contributed by atoms with E-state index >= 15 is 0 Å². The zero-order valence-electron chi connectivity index (χ0n) is 15.0. The van der Waals surface area contributed by atoms with E-state index < -0.39 is 0 Å². The number of aromatic amines is 1. The van der Waals surface area contributed by atoms with E-state index in [2.05, 4.69) is 20.1 Å². The van der Waals surface area contributed by atoms with E-state index in [4.69, 9.17) is 4.52 Å². The second kappa shape index (κ2) is 8.45. The molecular weight excluding hydrogens is 392 g/mol. The summed E-state index contributed by atoms with van der Waals surface area (Å²) >= 11 is 3.03. The Morgan fingerprint density at radius 3 is 2.54 bits per heavy atom. The molecular formula is C20H16N4O2S2. The van der Waals surface area contributed by atoms with Gasteiger partial charge in [0.2, 0.25) is 11.7 Å². The fourth-order valence-electron chi connectivity index (χ4n) is 2.56. The Balaban J connectivity index is 1.48. The molecule has 0 amide bonds. The first-order valence-electron chi connectivity index (χ1n) is 8.48. The van der Waals surface area contributed by atoms with Gasteiger partial charge < -0.3 is 9.51 Å². The SMILES string of the molecule is CSc1ccc(-c2noc(CSc3nc(-c4ccccc4)cc(=O)[nH]3)n2)cc1. The molecule has 4 rings (SSSR count). The molecule has 28 heavy (non-hydrogen) atoms. The van der Waals surface area contributed by atoms with Crippen molar-refractivity contribution in [3.05, 3.63) is 76.9 Å². The Kier molecular flexibility index (Phi) is 5.59. The van der Waals surface area contributed by atoms with Gasteiger partial charge >= 0.3 is 0 Å². The van der Waals surface area contributed by atoms with Gasteiger partial charge in [-0.1, -0.05) is 47.3 Å². The third-order valence-electron chi connectivity index (χ3n) is 3.94. The molecule has 4 aromatic rings. The van der Waals surface area contributed by atoms with Gasteiger partial charge in [-0.25, -0.2) is 4.98 Å². The second-order valence-electron chi connectivity index (χ2n) is 5.83. The summed E-state index contributed by atoms with van der Waals surface area (Å²) in [7, 11) is 0. The van der Waals surface area contributed by atoms with Gasteiger partial charge in [-0.2, -0.15) is 4.98 Å². The van der Waals surface area contributed by atoms with Gasteiger partial charge in [0.1, 0.15) is 0 Å². The van der Waals surface area contributed by atoms with E-state index in [1.54, 1.807) is 11.8 Å². The predicted octanol–water partition coefficient (Wildman–Crippen LogP) is 4.50. The van der Waals surface area contributed by atoms with Crippen molar-refractivity contribution in [2.75, 3.05) is 6.26 Å². The molecule has 0 spiro atoms. The molecule has 2 heterocycles. The van der Waals surface area contributed by atoms with Crippen LogP contribution >= 0.6 is 23.5 Å². The van der Waals surface area contributed by atoms with Gasteiger partial charge in [-0.15, -0.1) is 11.8 Å². The topological polar surface area (TPSA) is 84.7 Å². The monoisotopic (exact) mass is 408 g/mol. The van der Waals surface area contributed by atoms with Crippen LogP contribution in [0.25, 0.3) is 22.6 Å². The minimum atomic E-state index is -0.198. The Bertz CT molecular complexity index is 1120. The molecule has 0 bridgehead atoms. The summed E-state index contributed by atoms with van der Waals surface area (Å²) in [6, 6.07) is 19.1. The van der Waals surface area contributed by atoms with Gasteiger partial charge in [0.05, 0.1) is 11.4 Å². The fraction of sp³-hybridized carbons (Fsp3) is 0.100. The van der Waals surface area contributed by atoms with Crippen molar-refractivity contribution in [3.8, 4) is 22.6 Å². The van der Waals surface area contributed by atoms with Crippen LogP contribution in [0.1, 0.15) is 5.89 Å². The zero-order valence-corrected chi connectivity index (χ0v) is 16.6. The lowest BCUT2D eigenvalue weighted by Gasteiger charge is -2.03. The number of rotatable bonds is 6. The molecule has 0 saturated heterocycles. The van der Waals surface area contributed by atoms with E-state index in [1.165, 1.54) is 22.7 Å². The number of aromatic nitrogens is 4. The lowest BCUT2D eigenvalue weighted by atomic mass is 10.1. The van der Waals surface area contributed by atoms with Gasteiger partial charge in [-0.3, -0.25) is 4.79 Å². The van der Waals surface area contributed by atoms with Crippen molar-refractivity contribution in [2.45, 2.75) is 15.8 Å². The summed E-state index contributed by atoms with van der Waals surface area (Å²) in [6.07, 6.45) is 2.03. The Labute approximate surface area is 169 Å². The minimum Gasteiger partial charge on any atom is -0.338 e. The molecule has 140 valence electrons. The molecule has 0 aliphatic carbocycles. The van der Waals surface area contributed by atoms with Crippen molar-refractivity contribution >= 4 is 23.5 Å². The molecule has 0 aliphatic rings. The van der Waals surface area contributed by atoms with Crippen LogP contribution in [0.4, 0.5) is 0 Å². The highest BCUT2D eigenvalue weighted by Gasteiger charge is 2.11. The number of thioether (sulfide) groups is 2. The highest BCUT2D eigenvalue weighted by atomic mass is 32.2. The Morgan fingerprint density at radius 1 is 1.00 bits per heavy atom. The van der Waals surface area contributed by atoms with E-state index in [0.717, 1.165) is 11.1 Å². The Hall–Kier alpha value is -2.84. The van der Waals surface area contributed by atoms with Crippen LogP contribution in [0.15, 0.2) is 80.0 Å². The van der Waals surface area contributed by atoms with Crippen LogP contribution in [0.3, 0.4) is 0 Å². The average molecular weight is 409 g/mol. The quantitative estimate of drug-likeness (QED) is 0.371. The number of H-pyrrole nitrogens is 1. The zero-order chi connectivity index (χ0) is 19.3. The summed E-state index contributed by atoms with van der Waals surface area (Å²) in [5.41, 5.74) is 2.23. The molecule has 1 N–H and O–H groups in total. The average Bonchev–Trinajstić information content (AvgIpc) is 3.22. The van der Waals surface area contributed by atoms with Crippen LogP contribution in [0.5, 0.6) is 0 Å². The van der Waals surface area contributed by atoms with Crippen LogP contribution in [-0.4, -0.2) is 26.4 Å². The third-order valence-corrected chi connectivity index (χ3v) is 5.54. The molecule has 6 nitrogen and oxygen atoms in total. The van der Waals surface area contributed by atoms with Crippen molar-refractivity contribution < 1.29 is 4.52 Å². The maximum absolute atomic E-state index is 12.0. The summed E-state index contributed by atoms with van der Waals surface area (Å²) in [5.74, 6) is 1.43.